The lowest BCUT2D eigenvalue weighted by molar-refractivity contribution is -0.143. The molecular weight excluding hydrogens is 334 g/mol. The van der Waals surface area contributed by atoms with E-state index in [0.29, 0.717) is 12.8 Å². The molecule has 0 saturated carbocycles. The molecular formula is C21H24ClNO2. The van der Waals surface area contributed by atoms with Crippen LogP contribution in [-0.2, 0) is 4.79 Å². The minimum atomic E-state index is -0.675. The van der Waals surface area contributed by atoms with Gasteiger partial charge in [0.05, 0.1) is 12.0 Å². The van der Waals surface area contributed by atoms with Gasteiger partial charge in [-0.3, -0.25) is 9.69 Å². The van der Waals surface area contributed by atoms with Crippen molar-refractivity contribution in [3.8, 4) is 0 Å². The van der Waals surface area contributed by atoms with Gasteiger partial charge in [0.15, 0.2) is 0 Å². The molecule has 2 aromatic carbocycles. The molecule has 3 nitrogen and oxygen atoms in total. The van der Waals surface area contributed by atoms with Crippen molar-refractivity contribution < 1.29 is 9.90 Å². The molecule has 1 atom stereocenters. The van der Waals surface area contributed by atoms with E-state index >= 15 is 0 Å². The third-order valence-electron chi connectivity index (χ3n) is 5.14. The van der Waals surface area contributed by atoms with Crippen LogP contribution in [0.3, 0.4) is 0 Å². The zero-order valence-electron chi connectivity index (χ0n) is 14.7. The molecule has 0 bridgehead atoms. The van der Waals surface area contributed by atoms with Crippen LogP contribution in [0.4, 0.5) is 0 Å². The van der Waals surface area contributed by atoms with E-state index in [1.807, 2.05) is 18.2 Å². The van der Waals surface area contributed by atoms with Crippen molar-refractivity contribution in [1.82, 2.24) is 4.90 Å². The van der Waals surface area contributed by atoms with E-state index in [1.54, 1.807) is 0 Å². The molecule has 1 N–H and O–H groups in total. The number of rotatable bonds is 4. The number of carbonyl (C=O) groups is 1. The Labute approximate surface area is 154 Å². The summed E-state index contributed by atoms with van der Waals surface area (Å²) in [6.07, 6.45) is 1.38. The average Bonchev–Trinajstić information content (AvgIpc) is 2.59. The summed E-state index contributed by atoms with van der Waals surface area (Å²) in [6.45, 7) is 5.80. The van der Waals surface area contributed by atoms with Gasteiger partial charge in [-0.2, -0.15) is 0 Å². The van der Waals surface area contributed by atoms with E-state index in [4.69, 9.17) is 11.6 Å². The molecule has 1 saturated heterocycles. The Balaban J connectivity index is 1.98. The van der Waals surface area contributed by atoms with E-state index in [0.717, 1.165) is 23.7 Å². The van der Waals surface area contributed by atoms with Gasteiger partial charge >= 0.3 is 5.97 Å². The van der Waals surface area contributed by atoms with Gasteiger partial charge in [0.2, 0.25) is 0 Å². The largest absolute Gasteiger partial charge is 0.481 e. The molecule has 2 aromatic rings. The number of aliphatic carboxylic acids is 1. The second kappa shape index (κ2) is 7.59. The molecule has 25 heavy (non-hydrogen) atoms. The topological polar surface area (TPSA) is 40.5 Å². The van der Waals surface area contributed by atoms with Crippen LogP contribution >= 0.6 is 11.6 Å². The normalized spacial score (nSPS) is 17.4. The van der Waals surface area contributed by atoms with E-state index in [-0.39, 0.29) is 12.0 Å². The molecule has 1 unspecified atom stereocenters. The van der Waals surface area contributed by atoms with Gasteiger partial charge in [-0.05, 0) is 68.6 Å². The smallest absolute Gasteiger partial charge is 0.306 e. The van der Waals surface area contributed by atoms with Crippen molar-refractivity contribution in [2.45, 2.75) is 32.7 Å². The summed E-state index contributed by atoms with van der Waals surface area (Å²) in [6, 6.07) is 14.6. The Morgan fingerprint density at radius 3 is 2.52 bits per heavy atom. The van der Waals surface area contributed by atoms with Crippen molar-refractivity contribution in [2.75, 3.05) is 13.1 Å². The molecule has 3 rings (SSSR count). The second-order valence-electron chi connectivity index (χ2n) is 6.97. The third kappa shape index (κ3) is 4.05. The van der Waals surface area contributed by atoms with Gasteiger partial charge in [-0.25, -0.2) is 0 Å². The average molecular weight is 358 g/mol. The first-order valence-corrected chi connectivity index (χ1v) is 9.13. The summed E-state index contributed by atoms with van der Waals surface area (Å²) in [5, 5.41) is 10.0. The molecule has 1 fully saturated rings. The Bertz CT molecular complexity index is 766. The molecule has 0 amide bonds. The number of nitrogens with zero attached hydrogens (tertiary/aromatic N) is 1. The van der Waals surface area contributed by atoms with Gasteiger partial charge in [0.1, 0.15) is 0 Å². The lowest BCUT2D eigenvalue weighted by Crippen LogP contribution is -2.39. The van der Waals surface area contributed by atoms with Crippen molar-refractivity contribution in [3.63, 3.8) is 0 Å². The number of halogens is 1. The Morgan fingerprint density at radius 1 is 1.16 bits per heavy atom. The first kappa shape index (κ1) is 18.0. The van der Waals surface area contributed by atoms with Crippen LogP contribution in [0, 0.1) is 19.8 Å². The van der Waals surface area contributed by atoms with E-state index in [9.17, 15) is 9.90 Å². The van der Waals surface area contributed by atoms with Crippen LogP contribution in [0.1, 0.15) is 41.1 Å². The van der Waals surface area contributed by atoms with Gasteiger partial charge in [0, 0.05) is 5.02 Å². The van der Waals surface area contributed by atoms with Crippen molar-refractivity contribution in [1.29, 1.82) is 0 Å². The van der Waals surface area contributed by atoms with Gasteiger partial charge in [-0.15, -0.1) is 0 Å². The fourth-order valence-electron chi connectivity index (χ4n) is 3.72. The minimum absolute atomic E-state index is 0.105. The molecule has 0 spiro atoms. The Morgan fingerprint density at radius 2 is 1.88 bits per heavy atom. The van der Waals surface area contributed by atoms with Crippen LogP contribution in [0.5, 0.6) is 0 Å². The van der Waals surface area contributed by atoms with Crippen LogP contribution in [-0.4, -0.2) is 29.1 Å². The number of hydrogen-bond acceptors (Lipinski definition) is 2. The van der Waals surface area contributed by atoms with Gasteiger partial charge in [0.25, 0.3) is 0 Å². The van der Waals surface area contributed by atoms with E-state index < -0.39 is 5.97 Å². The SMILES string of the molecule is Cc1ccc(C)c(C(c2cccc(Cl)c2)N2CCC(C(=O)O)CC2)c1. The summed E-state index contributed by atoms with van der Waals surface area (Å²) in [4.78, 5) is 13.7. The maximum Gasteiger partial charge on any atom is 0.306 e. The lowest BCUT2D eigenvalue weighted by Gasteiger charge is -2.38. The molecule has 0 radical (unpaired) electrons. The van der Waals surface area contributed by atoms with Gasteiger partial charge in [-0.1, -0.05) is 47.5 Å². The predicted molar refractivity (Wildman–Crippen MR) is 101 cm³/mol. The summed E-state index contributed by atoms with van der Waals surface area (Å²) in [7, 11) is 0. The number of aryl methyl sites for hydroxylation is 2. The number of likely N-dealkylation sites (tertiary alicyclic amines) is 1. The summed E-state index contributed by atoms with van der Waals surface area (Å²) in [5.74, 6) is -0.902. The molecule has 0 aliphatic carbocycles. The number of benzene rings is 2. The second-order valence-corrected chi connectivity index (χ2v) is 7.40. The summed E-state index contributed by atoms with van der Waals surface area (Å²) >= 11 is 6.25. The van der Waals surface area contributed by atoms with Crippen molar-refractivity contribution in [3.05, 3.63) is 69.7 Å². The maximum atomic E-state index is 11.3. The monoisotopic (exact) mass is 357 g/mol. The van der Waals surface area contributed by atoms with E-state index in [1.165, 1.54) is 16.7 Å². The molecule has 4 heteroatoms. The lowest BCUT2D eigenvalue weighted by atomic mass is 9.89. The van der Waals surface area contributed by atoms with Crippen LogP contribution in [0.25, 0.3) is 0 Å². The summed E-state index contributed by atoms with van der Waals surface area (Å²) in [5.41, 5.74) is 4.91. The zero-order valence-corrected chi connectivity index (χ0v) is 15.5. The van der Waals surface area contributed by atoms with Crippen LogP contribution < -0.4 is 0 Å². The van der Waals surface area contributed by atoms with Crippen molar-refractivity contribution in [2.24, 2.45) is 5.92 Å². The summed E-state index contributed by atoms with van der Waals surface area (Å²) < 4.78 is 0. The Hall–Kier alpha value is -1.84. The fourth-order valence-corrected chi connectivity index (χ4v) is 3.92. The standard InChI is InChI=1S/C21H24ClNO2/c1-14-6-7-15(2)19(12-14)20(17-4-3-5-18(22)13-17)23-10-8-16(9-11-23)21(24)25/h3-7,12-13,16,20H,8-11H2,1-2H3,(H,24,25). The molecule has 1 aliphatic heterocycles. The predicted octanol–water partition coefficient (Wildman–Crippen LogP) is 4.84. The zero-order chi connectivity index (χ0) is 18.0. The number of hydrogen-bond donors (Lipinski definition) is 1. The maximum absolute atomic E-state index is 11.3. The molecule has 1 heterocycles. The first-order valence-electron chi connectivity index (χ1n) is 8.75. The highest BCUT2D eigenvalue weighted by molar-refractivity contribution is 6.30. The number of carboxylic acids is 1. The van der Waals surface area contributed by atoms with Crippen molar-refractivity contribution >= 4 is 17.6 Å². The Kier molecular flexibility index (Phi) is 5.45. The number of piperidine rings is 1. The molecule has 1 aliphatic rings. The fraction of sp³-hybridized carbons (Fsp3) is 0.381. The number of carboxylic acid groups (broad SMARTS) is 1. The van der Waals surface area contributed by atoms with Crippen LogP contribution in [0.2, 0.25) is 5.02 Å². The van der Waals surface area contributed by atoms with Gasteiger partial charge < -0.3 is 5.11 Å². The minimum Gasteiger partial charge on any atom is -0.481 e. The van der Waals surface area contributed by atoms with E-state index in [2.05, 4.69) is 43.0 Å². The quantitative estimate of drug-likeness (QED) is 0.850. The third-order valence-corrected chi connectivity index (χ3v) is 5.37. The first-order chi connectivity index (χ1) is 12.0. The van der Waals surface area contributed by atoms with Crippen LogP contribution in [0.15, 0.2) is 42.5 Å². The molecule has 0 aromatic heterocycles. The highest BCUT2D eigenvalue weighted by Crippen LogP contribution is 2.35. The molecule has 132 valence electrons. The highest BCUT2D eigenvalue weighted by Gasteiger charge is 2.30. The highest BCUT2D eigenvalue weighted by atomic mass is 35.5.